The molecule has 3 aliphatic rings. The Bertz CT molecular complexity index is 1760. The predicted molar refractivity (Wildman–Crippen MR) is 160 cm³/mol. The van der Waals surface area contributed by atoms with E-state index in [2.05, 4.69) is 25.9 Å². The van der Waals surface area contributed by atoms with Gasteiger partial charge in [0.25, 0.3) is 11.8 Å². The number of pyridine rings is 1. The van der Waals surface area contributed by atoms with Crippen molar-refractivity contribution in [2.24, 2.45) is 10.4 Å². The summed E-state index contributed by atoms with van der Waals surface area (Å²) in [4.78, 5) is 36.6. The first-order chi connectivity index (χ1) is 20.8. The van der Waals surface area contributed by atoms with Gasteiger partial charge in [-0.2, -0.15) is 5.10 Å². The minimum absolute atomic E-state index is 0.00897. The molecular formula is C32H30FN7O3. The van der Waals surface area contributed by atoms with Crippen LogP contribution in [0.4, 0.5) is 15.9 Å². The fourth-order valence-electron chi connectivity index (χ4n) is 5.50. The van der Waals surface area contributed by atoms with Crippen molar-refractivity contribution in [3.63, 3.8) is 0 Å². The van der Waals surface area contributed by atoms with Gasteiger partial charge in [0.1, 0.15) is 22.9 Å². The number of fused-ring (bicyclic) bond motifs is 2. The van der Waals surface area contributed by atoms with Crippen molar-refractivity contribution in [3.05, 3.63) is 89.4 Å². The second kappa shape index (κ2) is 10.3. The lowest BCUT2D eigenvalue weighted by molar-refractivity contribution is -0.117. The molecule has 0 saturated heterocycles. The lowest BCUT2D eigenvalue weighted by Crippen LogP contribution is -2.42. The van der Waals surface area contributed by atoms with Crippen LogP contribution < -0.4 is 20.7 Å². The number of hydrogen-bond donors (Lipinski definition) is 3. The van der Waals surface area contributed by atoms with Gasteiger partial charge in [0.15, 0.2) is 0 Å². The third-order valence-electron chi connectivity index (χ3n) is 7.90. The molecule has 4 aromatic rings. The van der Waals surface area contributed by atoms with E-state index in [1.807, 2.05) is 56.3 Å². The van der Waals surface area contributed by atoms with Crippen molar-refractivity contribution < 1.29 is 18.7 Å². The van der Waals surface area contributed by atoms with Crippen LogP contribution in [0.25, 0.3) is 11.3 Å². The first-order valence-corrected chi connectivity index (χ1v) is 14.3. The molecule has 3 N–H and O–H groups in total. The molecule has 2 aromatic carbocycles. The highest BCUT2D eigenvalue weighted by atomic mass is 19.1. The summed E-state index contributed by atoms with van der Waals surface area (Å²) < 4.78 is 22.8. The summed E-state index contributed by atoms with van der Waals surface area (Å²) in [5, 5.41) is 13.4. The second-order valence-electron chi connectivity index (χ2n) is 11.6. The highest BCUT2D eigenvalue weighted by molar-refractivity contribution is 6.20. The number of benzodiazepines with no additional fused rings is 1. The van der Waals surface area contributed by atoms with Crippen molar-refractivity contribution in [2.45, 2.75) is 45.4 Å². The zero-order chi connectivity index (χ0) is 29.7. The van der Waals surface area contributed by atoms with Gasteiger partial charge < -0.3 is 20.7 Å². The Kier molecular flexibility index (Phi) is 6.45. The van der Waals surface area contributed by atoms with Gasteiger partial charge in [-0.15, -0.1) is 0 Å². The number of para-hydroxylation sites is 1. The Balaban J connectivity index is 1.27. The third kappa shape index (κ3) is 5.00. The number of halogens is 1. The Hall–Kier alpha value is -5.06. The summed E-state index contributed by atoms with van der Waals surface area (Å²) >= 11 is 0. The predicted octanol–water partition coefficient (Wildman–Crippen LogP) is 4.62. The minimum atomic E-state index is -1.35. The van der Waals surface area contributed by atoms with Crippen LogP contribution in [0.2, 0.25) is 0 Å². The lowest BCUT2D eigenvalue weighted by Gasteiger charge is -2.24. The van der Waals surface area contributed by atoms with Crippen LogP contribution in [-0.2, 0) is 11.3 Å². The van der Waals surface area contributed by atoms with Gasteiger partial charge in [0.05, 0.1) is 24.6 Å². The van der Waals surface area contributed by atoms with Gasteiger partial charge in [0.2, 0.25) is 12.0 Å². The van der Waals surface area contributed by atoms with E-state index in [0.717, 1.165) is 12.8 Å². The molecule has 1 atom stereocenters. The second-order valence-corrected chi connectivity index (χ2v) is 11.6. The molecule has 2 aromatic heterocycles. The average Bonchev–Trinajstić information content (AvgIpc) is 3.67. The van der Waals surface area contributed by atoms with Gasteiger partial charge in [-0.1, -0.05) is 42.5 Å². The summed E-state index contributed by atoms with van der Waals surface area (Å²) in [6.45, 7) is 5.17. The van der Waals surface area contributed by atoms with E-state index in [1.165, 1.54) is 6.07 Å². The molecule has 43 heavy (non-hydrogen) atoms. The van der Waals surface area contributed by atoms with Crippen LogP contribution in [0.3, 0.4) is 0 Å². The van der Waals surface area contributed by atoms with Gasteiger partial charge in [0, 0.05) is 34.3 Å². The number of carbonyl (C=O) groups is 2. The van der Waals surface area contributed by atoms with Crippen molar-refractivity contribution in [2.75, 3.05) is 17.2 Å². The molecule has 1 saturated carbocycles. The zero-order valence-corrected chi connectivity index (χ0v) is 23.7. The number of hydrogen-bond acceptors (Lipinski definition) is 7. The van der Waals surface area contributed by atoms with Crippen LogP contribution >= 0.6 is 0 Å². The summed E-state index contributed by atoms with van der Waals surface area (Å²) in [6.07, 6.45) is 2.38. The van der Waals surface area contributed by atoms with Crippen LogP contribution in [0.15, 0.2) is 71.9 Å². The smallest absolute Gasteiger partial charge is 0.269 e. The standard InChI is InChI=1S/C32H30FN7O3/c1-18(2)35-23-12-11-20(15-34-23)26-24(31-40(39-26)16-32(13-14-32)17-43-31)29(41)38-28-30(42)37-27-21(9-6-10-22(27)33)25(36-28)19-7-4-3-5-8-19/h3-12,15,18,28H,13-14,16-17H2,1-2H3,(H,34,35)(H,37,42)(H,38,41)/t28-/m1/s1. The van der Waals surface area contributed by atoms with Crippen LogP contribution in [0.5, 0.6) is 5.88 Å². The first kappa shape index (κ1) is 26.8. The Labute approximate surface area is 247 Å². The molecule has 0 bridgehead atoms. The molecule has 10 nitrogen and oxygen atoms in total. The minimum Gasteiger partial charge on any atom is -0.477 e. The maximum atomic E-state index is 14.9. The molecule has 1 aliphatic carbocycles. The Morgan fingerprint density at radius 3 is 2.63 bits per heavy atom. The zero-order valence-electron chi connectivity index (χ0n) is 23.7. The molecule has 1 fully saturated rings. The number of aliphatic imine (C=N–C) groups is 1. The van der Waals surface area contributed by atoms with Crippen molar-refractivity contribution in [1.29, 1.82) is 0 Å². The Morgan fingerprint density at radius 2 is 1.91 bits per heavy atom. The van der Waals surface area contributed by atoms with Gasteiger partial charge in [-0.25, -0.2) is 19.0 Å². The number of nitrogens with one attached hydrogen (secondary N) is 3. The van der Waals surface area contributed by atoms with E-state index in [-0.39, 0.29) is 22.7 Å². The van der Waals surface area contributed by atoms with E-state index in [0.29, 0.717) is 52.9 Å². The first-order valence-electron chi connectivity index (χ1n) is 14.3. The number of amides is 2. The van der Waals surface area contributed by atoms with E-state index >= 15 is 0 Å². The molecule has 2 aliphatic heterocycles. The molecule has 218 valence electrons. The molecule has 1 spiro atoms. The summed E-state index contributed by atoms with van der Waals surface area (Å²) in [5.74, 6) is -0.816. The maximum absolute atomic E-state index is 14.9. The molecule has 0 unspecified atom stereocenters. The van der Waals surface area contributed by atoms with Crippen molar-refractivity contribution >= 4 is 29.0 Å². The Morgan fingerprint density at radius 1 is 1.09 bits per heavy atom. The van der Waals surface area contributed by atoms with Crippen LogP contribution in [0, 0.1) is 11.2 Å². The van der Waals surface area contributed by atoms with E-state index in [9.17, 15) is 14.0 Å². The lowest BCUT2D eigenvalue weighted by atomic mass is 10.0. The largest absolute Gasteiger partial charge is 0.477 e. The van der Waals surface area contributed by atoms with Gasteiger partial charge in [-0.3, -0.25) is 9.59 Å². The molecule has 2 amide bonds. The molecule has 4 heterocycles. The highest BCUT2D eigenvalue weighted by Gasteiger charge is 2.48. The summed E-state index contributed by atoms with van der Waals surface area (Å²) in [5.41, 5.74) is 2.73. The number of aromatic nitrogens is 3. The summed E-state index contributed by atoms with van der Waals surface area (Å²) in [6, 6.07) is 17.6. The molecular weight excluding hydrogens is 549 g/mol. The molecule has 11 heteroatoms. The number of nitrogens with zero attached hydrogens (tertiary/aromatic N) is 4. The average molecular weight is 580 g/mol. The number of rotatable bonds is 6. The maximum Gasteiger partial charge on any atom is 0.269 e. The fraction of sp³-hybridized carbons (Fsp3) is 0.281. The quantitative estimate of drug-likeness (QED) is 0.306. The normalized spacial score (nSPS) is 18.1. The molecule has 0 radical (unpaired) electrons. The third-order valence-corrected chi connectivity index (χ3v) is 7.90. The topological polar surface area (TPSA) is 123 Å². The highest BCUT2D eigenvalue weighted by Crippen LogP contribution is 2.51. The fourth-order valence-corrected chi connectivity index (χ4v) is 5.50. The van der Waals surface area contributed by atoms with Crippen LogP contribution in [-0.4, -0.2) is 51.1 Å². The summed E-state index contributed by atoms with van der Waals surface area (Å²) in [7, 11) is 0. The number of benzene rings is 2. The van der Waals surface area contributed by atoms with Gasteiger partial charge in [-0.05, 0) is 44.9 Å². The van der Waals surface area contributed by atoms with Crippen LogP contribution in [0.1, 0.15) is 48.2 Å². The number of ether oxygens (including phenoxy) is 1. The number of carbonyl (C=O) groups excluding carboxylic acids is 2. The number of anilines is 2. The van der Waals surface area contributed by atoms with E-state index < -0.39 is 23.8 Å². The van der Waals surface area contributed by atoms with E-state index in [1.54, 1.807) is 23.0 Å². The van der Waals surface area contributed by atoms with Crippen molar-refractivity contribution in [3.8, 4) is 17.1 Å². The SMILES string of the molecule is CC(C)Nc1ccc(-c2nn3c(c2C(=O)N[C@H]2N=C(c4ccccc4)c4cccc(F)c4NC2=O)OCC2(CC2)C3)cn1. The monoisotopic (exact) mass is 579 g/mol. The van der Waals surface area contributed by atoms with Gasteiger partial charge >= 0.3 is 0 Å². The molecule has 7 rings (SSSR count). The van der Waals surface area contributed by atoms with Crippen molar-refractivity contribution in [1.82, 2.24) is 20.1 Å². The van der Waals surface area contributed by atoms with E-state index in [4.69, 9.17) is 9.84 Å².